The Balaban J connectivity index is 3.11. The van der Waals surface area contributed by atoms with Crippen molar-refractivity contribution >= 4 is 11.5 Å². The van der Waals surface area contributed by atoms with Crippen molar-refractivity contribution in [1.29, 1.82) is 0 Å². The summed E-state index contributed by atoms with van der Waals surface area (Å²) in [4.78, 5) is 14.5. The molecule has 68 valence electrons. The van der Waals surface area contributed by atoms with Gasteiger partial charge in [-0.2, -0.15) is 0 Å². The highest BCUT2D eigenvalue weighted by Crippen LogP contribution is 2.16. The van der Waals surface area contributed by atoms with Crippen molar-refractivity contribution in [2.45, 2.75) is 13.8 Å². The van der Waals surface area contributed by atoms with Crippen molar-refractivity contribution in [3.8, 4) is 0 Å². The van der Waals surface area contributed by atoms with E-state index in [1.807, 2.05) is 0 Å². The van der Waals surface area contributed by atoms with Crippen LogP contribution in [0.3, 0.4) is 0 Å². The summed E-state index contributed by atoms with van der Waals surface area (Å²) in [5.74, 6) is -0.880. The van der Waals surface area contributed by atoms with E-state index in [1.54, 1.807) is 38.4 Å². The number of hydrogen-bond acceptors (Lipinski definition) is 2. The Morgan fingerprint density at radius 2 is 1.85 bits per heavy atom. The molecule has 0 saturated heterocycles. The first-order chi connectivity index (χ1) is 6.13. The SMILES string of the molecule is CC(C(=O)O)=C(C)c1ccncc1. The van der Waals surface area contributed by atoms with E-state index >= 15 is 0 Å². The van der Waals surface area contributed by atoms with E-state index in [0.29, 0.717) is 5.57 Å². The predicted molar refractivity (Wildman–Crippen MR) is 50.1 cm³/mol. The Labute approximate surface area is 76.7 Å². The van der Waals surface area contributed by atoms with Gasteiger partial charge in [-0.05, 0) is 37.1 Å². The summed E-state index contributed by atoms with van der Waals surface area (Å²) in [5.41, 5.74) is 2.04. The van der Waals surface area contributed by atoms with Crippen molar-refractivity contribution in [1.82, 2.24) is 4.98 Å². The molecule has 0 atom stereocenters. The molecule has 0 aliphatic rings. The van der Waals surface area contributed by atoms with Gasteiger partial charge in [0, 0.05) is 18.0 Å². The highest BCUT2D eigenvalue weighted by molar-refractivity contribution is 5.95. The minimum absolute atomic E-state index is 0.367. The molecule has 3 nitrogen and oxygen atoms in total. The van der Waals surface area contributed by atoms with Crippen LogP contribution in [-0.4, -0.2) is 16.1 Å². The average molecular weight is 177 g/mol. The molecule has 0 aliphatic carbocycles. The summed E-state index contributed by atoms with van der Waals surface area (Å²) in [6.07, 6.45) is 3.29. The van der Waals surface area contributed by atoms with Crippen LogP contribution >= 0.6 is 0 Å². The number of carboxylic acids is 1. The normalized spacial score (nSPS) is 12.2. The Morgan fingerprint density at radius 3 is 2.31 bits per heavy atom. The molecule has 13 heavy (non-hydrogen) atoms. The number of carbonyl (C=O) groups is 1. The lowest BCUT2D eigenvalue weighted by Gasteiger charge is -2.02. The van der Waals surface area contributed by atoms with E-state index in [9.17, 15) is 4.79 Å². The standard InChI is InChI=1S/C10H11NO2/c1-7(8(2)10(12)13)9-3-5-11-6-4-9/h3-6H,1-2H3,(H,12,13). The summed E-state index contributed by atoms with van der Waals surface area (Å²) in [7, 11) is 0. The highest BCUT2D eigenvalue weighted by atomic mass is 16.4. The first kappa shape index (κ1) is 9.45. The van der Waals surface area contributed by atoms with Gasteiger partial charge in [-0.3, -0.25) is 4.98 Å². The minimum atomic E-state index is -0.880. The number of aliphatic carboxylic acids is 1. The van der Waals surface area contributed by atoms with Crippen LogP contribution in [0.2, 0.25) is 0 Å². The van der Waals surface area contributed by atoms with Gasteiger partial charge in [-0.15, -0.1) is 0 Å². The molecule has 0 aliphatic heterocycles. The second kappa shape index (κ2) is 3.85. The molecule has 0 saturated carbocycles. The van der Waals surface area contributed by atoms with Gasteiger partial charge in [0.25, 0.3) is 0 Å². The molecule has 1 aromatic rings. The Kier molecular flexibility index (Phi) is 2.80. The lowest BCUT2D eigenvalue weighted by Crippen LogP contribution is -1.99. The highest BCUT2D eigenvalue weighted by Gasteiger charge is 2.06. The molecule has 0 spiro atoms. The van der Waals surface area contributed by atoms with E-state index in [-0.39, 0.29) is 0 Å². The maximum atomic E-state index is 10.6. The number of aromatic nitrogens is 1. The summed E-state index contributed by atoms with van der Waals surface area (Å²) in [5, 5.41) is 8.74. The van der Waals surface area contributed by atoms with Crippen molar-refractivity contribution < 1.29 is 9.90 Å². The molecule has 3 heteroatoms. The molecule has 1 rings (SSSR count). The quantitative estimate of drug-likeness (QED) is 0.702. The largest absolute Gasteiger partial charge is 0.478 e. The second-order valence-corrected chi connectivity index (χ2v) is 2.79. The smallest absolute Gasteiger partial charge is 0.331 e. The molecule has 0 bridgehead atoms. The monoisotopic (exact) mass is 177 g/mol. The van der Waals surface area contributed by atoms with Gasteiger partial charge >= 0.3 is 5.97 Å². The molecule has 0 aromatic carbocycles. The van der Waals surface area contributed by atoms with Crippen molar-refractivity contribution in [2.24, 2.45) is 0 Å². The zero-order valence-electron chi connectivity index (χ0n) is 7.61. The van der Waals surface area contributed by atoms with E-state index in [4.69, 9.17) is 5.11 Å². The van der Waals surface area contributed by atoms with E-state index in [0.717, 1.165) is 11.1 Å². The minimum Gasteiger partial charge on any atom is -0.478 e. The van der Waals surface area contributed by atoms with Crippen LogP contribution in [0.1, 0.15) is 19.4 Å². The molecule has 1 heterocycles. The fourth-order valence-electron chi connectivity index (χ4n) is 0.979. The van der Waals surface area contributed by atoms with Crippen molar-refractivity contribution in [3.63, 3.8) is 0 Å². The topological polar surface area (TPSA) is 50.2 Å². The van der Waals surface area contributed by atoms with Crippen LogP contribution in [-0.2, 0) is 4.79 Å². The maximum Gasteiger partial charge on any atom is 0.331 e. The van der Waals surface area contributed by atoms with Crippen LogP contribution in [0.4, 0.5) is 0 Å². The fraction of sp³-hybridized carbons (Fsp3) is 0.200. The van der Waals surface area contributed by atoms with E-state index in [1.165, 1.54) is 0 Å². The third-order valence-electron chi connectivity index (χ3n) is 2.00. The molecule has 0 unspecified atom stereocenters. The third-order valence-corrected chi connectivity index (χ3v) is 2.00. The van der Waals surface area contributed by atoms with Gasteiger partial charge < -0.3 is 5.11 Å². The average Bonchev–Trinajstić information content (AvgIpc) is 2.17. The number of carboxylic acid groups (broad SMARTS) is 1. The molecule has 0 fully saturated rings. The van der Waals surface area contributed by atoms with Gasteiger partial charge in [0.2, 0.25) is 0 Å². The van der Waals surface area contributed by atoms with Crippen LogP contribution in [0, 0.1) is 0 Å². The van der Waals surface area contributed by atoms with Crippen molar-refractivity contribution in [3.05, 3.63) is 35.7 Å². The van der Waals surface area contributed by atoms with E-state index < -0.39 is 5.97 Å². The van der Waals surface area contributed by atoms with Crippen molar-refractivity contribution in [2.75, 3.05) is 0 Å². The molecular weight excluding hydrogens is 166 g/mol. The van der Waals surface area contributed by atoms with Crippen LogP contribution < -0.4 is 0 Å². The zero-order valence-corrected chi connectivity index (χ0v) is 7.61. The maximum absolute atomic E-state index is 10.6. The molecule has 1 N–H and O–H groups in total. The van der Waals surface area contributed by atoms with Crippen LogP contribution in [0.5, 0.6) is 0 Å². The first-order valence-corrected chi connectivity index (χ1v) is 3.94. The number of allylic oxidation sites excluding steroid dienone is 1. The lowest BCUT2D eigenvalue weighted by molar-refractivity contribution is -0.132. The fourth-order valence-corrected chi connectivity index (χ4v) is 0.979. The number of pyridine rings is 1. The third kappa shape index (κ3) is 2.15. The van der Waals surface area contributed by atoms with Gasteiger partial charge in [-0.25, -0.2) is 4.79 Å². The molecule has 0 radical (unpaired) electrons. The lowest BCUT2D eigenvalue weighted by atomic mass is 10.0. The van der Waals surface area contributed by atoms with Gasteiger partial charge in [0.05, 0.1) is 0 Å². The summed E-state index contributed by atoms with van der Waals surface area (Å²) in [6, 6.07) is 3.59. The zero-order chi connectivity index (χ0) is 9.84. The van der Waals surface area contributed by atoms with Crippen LogP contribution in [0.15, 0.2) is 30.1 Å². The van der Waals surface area contributed by atoms with Gasteiger partial charge in [-0.1, -0.05) is 0 Å². The number of hydrogen-bond donors (Lipinski definition) is 1. The molecule has 0 amide bonds. The Bertz CT molecular complexity index is 341. The van der Waals surface area contributed by atoms with Crippen LogP contribution in [0.25, 0.3) is 5.57 Å². The summed E-state index contributed by atoms with van der Waals surface area (Å²) in [6.45, 7) is 3.39. The van der Waals surface area contributed by atoms with Gasteiger partial charge in [0.1, 0.15) is 0 Å². The summed E-state index contributed by atoms with van der Waals surface area (Å²) < 4.78 is 0. The van der Waals surface area contributed by atoms with E-state index in [2.05, 4.69) is 4.98 Å². The molecule has 1 aromatic heterocycles. The Morgan fingerprint density at radius 1 is 1.31 bits per heavy atom. The first-order valence-electron chi connectivity index (χ1n) is 3.94. The Hall–Kier alpha value is -1.64. The second-order valence-electron chi connectivity index (χ2n) is 2.79. The van der Waals surface area contributed by atoms with Gasteiger partial charge in [0.15, 0.2) is 0 Å². The summed E-state index contributed by atoms with van der Waals surface area (Å²) >= 11 is 0. The predicted octanol–water partition coefficient (Wildman–Crippen LogP) is 1.96. The number of rotatable bonds is 2. The molecular formula is C10H11NO2. The number of nitrogens with zero attached hydrogens (tertiary/aromatic N) is 1.